The van der Waals surface area contributed by atoms with E-state index in [2.05, 4.69) is 38.1 Å². The van der Waals surface area contributed by atoms with Gasteiger partial charge in [0.1, 0.15) is 23.4 Å². The van der Waals surface area contributed by atoms with E-state index in [1.807, 2.05) is 20.8 Å². The minimum Gasteiger partial charge on any atom is -0.383 e. The summed E-state index contributed by atoms with van der Waals surface area (Å²) >= 11 is 0. The molecule has 14 heteroatoms. The van der Waals surface area contributed by atoms with Crippen molar-refractivity contribution in [2.24, 2.45) is 5.41 Å². The van der Waals surface area contributed by atoms with Gasteiger partial charge in [-0.05, 0) is 53.5 Å². The van der Waals surface area contributed by atoms with Crippen LogP contribution in [-0.2, 0) is 12.1 Å². The molecule has 1 aliphatic carbocycles. The molecular formula is C34H31F4N9O. The zero-order chi connectivity index (χ0) is 34.4. The van der Waals surface area contributed by atoms with Crippen LogP contribution in [0, 0.1) is 28.1 Å². The Bertz CT molecular complexity index is 2170. The fourth-order valence-corrected chi connectivity index (χ4v) is 5.77. The van der Waals surface area contributed by atoms with Crippen molar-refractivity contribution in [2.45, 2.75) is 64.6 Å². The average molecular weight is 658 g/mol. The highest BCUT2D eigenvalue weighted by atomic mass is 19.3. The van der Waals surface area contributed by atoms with Crippen LogP contribution in [0.2, 0.25) is 0 Å². The third kappa shape index (κ3) is 6.01. The summed E-state index contributed by atoms with van der Waals surface area (Å²) in [5.41, 5.74) is 0.299. The van der Waals surface area contributed by atoms with E-state index in [1.165, 1.54) is 29.3 Å². The van der Waals surface area contributed by atoms with E-state index in [0.717, 1.165) is 4.57 Å². The Morgan fingerprint density at radius 3 is 2.42 bits per heavy atom. The number of hydrogen-bond donors (Lipinski definition) is 2. The van der Waals surface area contributed by atoms with Gasteiger partial charge in [-0.2, -0.15) is 10.5 Å². The first kappa shape index (κ1) is 32.4. The molecule has 0 spiro atoms. The first-order valence-corrected chi connectivity index (χ1v) is 15.2. The molecule has 0 aliphatic heterocycles. The van der Waals surface area contributed by atoms with Crippen molar-refractivity contribution < 1.29 is 17.6 Å². The highest BCUT2D eigenvalue weighted by Gasteiger charge is 2.54. The van der Waals surface area contributed by atoms with Gasteiger partial charge in [0.25, 0.3) is 18.4 Å². The molecule has 6 rings (SSSR count). The third-order valence-corrected chi connectivity index (χ3v) is 8.45. The maximum absolute atomic E-state index is 14.0. The zero-order valence-electron chi connectivity index (χ0n) is 26.3. The number of fused-ring (bicyclic) bond motifs is 2. The largest absolute Gasteiger partial charge is 0.383 e. The van der Waals surface area contributed by atoms with Crippen molar-refractivity contribution >= 4 is 33.1 Å². The summed E-state index contributed by atoms with van der Waals surface area (Å²) < 4.78 is 56.6. The maximum Gasteiger partial charge on any atom is 0.263 e. The van der Waals surface area contributed by atoms with Gasteiger partial charge in [-0.3, -0.25) is 9.78 Å². The Morgan fingerprint density at radius 1 is 1.02 bits per heavy atom. The van der Waals surface area contributed by atoms with Crippen molar-refractivity contribution in [1.82, 2.24) is 24.5 Å². The lowest BCUT2D eigenvalue weighted by Crippen LogP contribution is -2.26. The van der Waals surface area contributed by atoms with E-state index in [-0.39, 0.29) is 40.5 Å². The Labute approximate surface area is 272 Å². The van der Waals surface area contributed by atoms with Crippen molar-refractivity contribution in [1.29, 1.82) is 10.5 Å². The first-order valence-electron chi connectivity index (χ1n) is 15.2. The van der Waals surface area contributed by atoms with Crippen LogP contribution >= 0.6 is 0 Å². The molecule has 48 heavy (non-hydrogen) atoms. The number of benzene rings is 2. The van der Waals surface area contributed by atoms with Crippen LogP contribution in [0.1, 0.15) is 62.0 Å². The van der Waals surface area contributed by atoms with Gasteiger partial charge in [0.15, 0.2) is 0 Å². The molecule has 0 radical (unpaired) electrons. The topological polar surface area (TPSA) is 137 Å². The monoisotopic (exact) mass is 657 g/mol. The molecule has 2 N–H and O–H groups in total. The summed E-state index contributed by atoms with van der Waals surface area (Å²) in [6.07, 6.45) is -0.795. The zero-order valence-corrected chi connectivity index (χ0v) is 26.3. The number of rotatable bonds is 10. The summed E-state index contributed by atoms with van der Waals surface area (Å²) in [5, 5.41) is 36.2. The van der Waals surface area contributed by atoms with Gasteiger partial charge in [-0.15, -0.1) is 5.10 Å². The second-order valence-electron chi connectivity index (χ2n) is 13.1. The fraction of sp³-hybridized carbons (Fsp3) is 0.353. The van der Waals surface area contributed by atoms with Gasteiger partial charge in [0, 0.05) is 35.4 Å². The molecule has 0 saturated heterocycles. The standard InChI is InChI=1S/C34H31F4N9O/c1-33(2,3)18-42-29-20(14-40)15-41-28-19(13-39)11-21(12-25(28)29)43-30(26-16-47(45-44-26)34(8-9-34)32(37)38)23-5-4-6-24-22(23)7-10-46(31(24)48)17-27(35)36/h4-7,10-12,15-16,27,30,32,43H,8-9,17-18H2,1-3H3,(H,41,42). The number of nitriles is 2. The van der Waals surface area contributed by atoms with Crippen LogP contribution in [0.25, 0.3) is 21.7 Å². The summed E-state index contributed by atoms with van der Waals surface area (Å²) in [4.78, 5) is 17.6. The van der Waals surface area contributed by atoms with Gasteiger partial charge < -0.3 is 15.2 Å². The second kappa shape index (κ2) is 12.3. The second-order valence-corrected chi connectivity index (χ2v) is 13.1. The molecule has 2 aromatic carbocycles. The number of anilines is 2. The van der Waals surface area contributed by atoms with Crippen LogP contribution < -0.4 is 16.2 Å². The predicted molar refractivity (Wildman–Crippen MR) is 172 cm³/mol. The SMILES string of the molecule is CC(C)(C)CNc1c(C#N)cnc2c(C#N)cc(NC(c3cn(C4(C(F)F)CC4)nn3)c3cccc4c(=O)n(CC(F)F)ccc34)cc12. The Kier molecular flexibility index (Phi) is 8.29. The van der Waals surface area contributed by atoms with Gasteiger partial charge in [0.2, 0.25) is 0 Å². The van der Waals surface area contributed by atoms with Crippen LogP contribution in [-0.4, -0.2) is 43.9 Å². The normalized spacial score (nSPS) is 14.6. The molecule has 0 bridgehead atoms. The average Bonchev–Trinajstić information content (AvgIpc) is 3.72. The third-order valence-electron chi connectivity index (χ3n) is 8.45. The number of alkyl halides is 4. The summed E-state index contributed by atoms with van der Waals surface area (Å²) in [7, 11) is 0. The molecule has 1 fully saturated rings. The van der Waals surface area contributed by atoms with E-state index >= 15 is 0 Å². The number of nitrogens with one attached hydrogen (secondary N) is 2. The minimum atomic E-state index is -2.74. The van der Waals surface area contributed by atoms with E-state index in [1.54, 1.807) is 30.3 Å². The van der Waals surface area contributed by atoms with Crippen molar-refractivity contribution in [2.75, 3.05) is 17.2 Å². The van der Waals surface area contributed by atoms with Crippen LogP contribution in [0.5, 0.6) is 0 Å². The van der Waals surface area contributed by atoms with E-state index in [4.69, 9.17) is 0 Å². The Morgan fingerprint density at radius 2 is 1.77 bits per heavy atom. The van der Waals surface area contributed by atoms with Crippen LogP contribution in [0.3, 0.4) is 0 Å². The fourth-order valence-electron chi connectivity index (χ4n) is 5.77. The molecular weight excluding hydrogens is 626 g/mol. The minimum absolute atomic E-state index is 0.146. The van der Waals surface area contributed by atoms with Crippen LogP contribution in [0.4, 0.5) is 28.9 Å². The Balaban J connectivity index is 1.53. The predicted octanol–water partition coefficient (Wildman–Crippen LogP) is 6.56. The van der Waals surface area contributed by atoms with Gasteiger partial charge >= 0.3 is 0 Å². The summed E-state index contributed by atoms with van der Waals surface area (Å²) in [6.45, 7) is 5.84. The number of aromatic nitrogens is 5. The van der Waals surface area contributed by atoms with Crippen molar-refractivity contribution in [3.63, 3.8) is 0 Å². The molecule has 1 unspecified atom stereocenters. The van der Waals surface area contributed by atoms with E-state index < -0.39 is 36.5 Å². The lowest BCUT2D eigenvalue weighted by molar-refractivity contribution is 0.0593. The molecule has 10 nitrogen and oxygen atoms in total. The molecule has 3 aromatic heterocycles. The summed E-state index contributed by atoms with van der Waals surface area (Å²) in [5.74, 6) is 0. The lowest BCUT2D eigenvalue weighted by atomic mass is 9.96. The lowest BCUT2D eigenvalue weighted by Gasteiger charge is -2.23. The number of pyridine rings is 2. The number of hydrogen-bond acceptors (Lipinski definition) is 8. The maximum atomic E-state index is 14.0. The molecule has 1 saturated carbocycles. The van der Waals surface area contributed by atoms with Crippen molar-refractivity contribution in [3.05, 3.63) is 87.7 Å². The number of nitrogens with zero attached hydrogens (tertiary/aromatic N) is 7. The van der Waals surface area contributed by atoms with Gasteiger partial charge in [-0.1, -0.05) is 38.1 Å². The highest BCUT2D eigenvalue weighted by molar-refractivity contribution is 5.99. The molecule has 3 heterocycles. The van der Waals surface area contributed by atoms with E-state index in [9.17, 15) is 32.9 Å². The molecule has 1 atom stereocenters. The Hall–Kier alpha value is -5.50. The van der Waals surface area contributed by atoms with E-state index in [0.29, 0.717) is 39.8 Å². The van der Waals surface area contributed by atoms with Crippen LogP contribution in [0.15, 0.2) is 59.8 Å². The number of halogens is 4. The molecule has 246 valence electrons. The quantitative estimate of drug-likeness (QED) is 0.161. The smallest absolute Gasteiger partial charge is 0.263 e. The van der Waals surface area contributed by atoms with Crippen molar-refractivity contribution in [3.8, 4) is 12.1 Å². The summed E-state index contributed by atoms with van der Waals surface area (Å²) in [6, 6.07) is 13.1. The van der Waals surface area contributed by atoms with Gasteiger partial charge in [0.05, 0.1) is 41.1 Å². The van der Waals surface area contributed by atoms with Gasteiger partial charge in [-0.25, -0.2) is 22.2 Å². The molecule has 0 amide bonds. The molecule has 1 aliphatic rings. The molecule has 5 aromatic rings. The first-order chi connectivity index (χ1) is 22.8. The highest BCUT2D eigenvalue weighted by Crippen LogP contribution is 2.48.